The quantitative estimate of drug-likeness (QED) is 0.803. The van der Waals surface area contributed by atoms with Crippen molar-refractivity contribution in [2.24, 2.45) is 5.92 Å². The molecule has 3 rings (SSSR count). The van der Waals surface area contributed by atoms with Gasteiger partial charge in [-0.05, 0) is 67.9 Å². The fourth-order valence-corrected chi connectivity index (χ4v) is 5.32. The molecule has 25 heavy (non-hydrogen) atoms. The van der Waals surface area contributed by atoms with Crippen LogP contribution in [0.3, 0.4) is 0 Å². The van der Waals surface area contributed by atoms with E-state index in [0.29, 0.717) is 16.4 Å². The molecule has 0 saturated heterocycles. The SMILES string of the molecule is Cc1ccc(C)c(S(=O)(=O)NNC(=O)c2cc3c(s2)CC[C@@H](C)C3)c1. The molecule has 1 aromatic carbocycles. The number of fused-ring (bicyclic) bond motifs is 1. The van der Waals surface area contributed by atoms with Crippen molar-refractivity contribution in [2.75, 3.05) is 0 Å². The standard InChI is InChI=1S/C18H22N2O3S2/c1-11-5-7-15-14(8-11)10-16(24-15)18(21)19-20-25(22,23)17-9-12(2)4-6-13(17)3/h4,6,9-11,20H,5,7-8H2,1-3H3,(H,19,21)/t11-/m1/s1. The number of rotatable bonds is 4. The lowest BCUT2D eigenvalue weighted by atomic mass is 9.90. The first kappa shape index (κ1) is 18.1. The van der Waals surface area contributed by atoms with E-state index in [1.54, 1.807) is 19.1 Å². The average molecular weight is 379 g/mol. The van der Waals surface area contributed by atoms with Crippen molar-refractivity contribution in [2.45, 2.75) is 44.9 Å². The van der Waals surface area contributed by atoms with Crippen LogP contribution in [0.4, 0.5) is 0 Å². The minimum Gasteiger partial charge on any atom is -0.273 e. The molecule has 1 aromatic heterocycles. The van der Waals surface area contributed by atoms with Gasteiger partial charge in [-0.1, -0.05) is 19.1 Å². The molecule has 0 spiro atoms. The van der Waals surface area contributed by atoms with Crippen LogP contribution >= 0.6 is 11.3 Å². The van der Waals surface area contributed by atoms with E-state index in [4.69, 9.17) is 0 Å². The van der Waals surface area contributed by atoms with E-state index < -0.39 is 15.9 Å². The van der Waals surface area contributed by atoms with Crippen molar-refractivity contribution >= 4 is 27.3 Å². The minimum absolute atomic E-state index is 0.173. The summed E-state index contributed by atoms with van der Waals surface area (Å²) in [5.41, 5.74) is 5.03. The van der Waals surface area contributed by atoms with Gasteiger partial charge < -0.3 is 0 Å². The molecule has 0 radical (unpaired) electrons. The maximum Gasteiger partial charge on any atom is 0.276 e. The van der Waals surface area contributed by atoms with E-state index in [0.717, 1.165) is 24.8 Å². The van der Waals surface area contributed by atoms with Crippen molar-refractivity contribution in [1.82, 2.24) is 10.3 Å². The first-order valence-electron chi connectivity index (χ1n) is 8.27. The minimum atomic E-state index is -3.80. The predicted molar refractivity (Wildman–Crippen MR) is 99.2 cm³/mol. The van der Waals surface area contributed by atoms with Crippen LogP contribution in [0.1, 0.15) is 44.6 Å². The highest BCUT2D eigenvalue weighted by atomic mass is 32.2. The number of sulfonamides is 1. The molecule has 1 heterocycles. The first-order chi connectivity index (χ1) is 11.8. The van der Waals surface area contributed by atoms with Crippen LogP contribution in [-0.4, -0.2) is 14.3 Å². The molecule has 2 N–H and O–H groups in total. The molecule has 1 amide bonds. The van der Waals surface area contributed by atoms with Crippen molar-refractivity contribution in [3.05, 3.63) is 50.7 Å². The Hall–Kier alpha value is -1.70. The van der Waals surface area contributed by atoms with Crippen LogP contribution in [0.15, 0.2) is 29.2 Å². The van der Waals surface area contributed by atoms with Crippen molar-refractivity contribution in [3.63, 3.8) is 0 Å². The Morgan fingerprint density at radius 2 is 2.00 bits per heavy atom. The van der Waals surface area contributed by atoms with Gasteiger partial charge >= 0.3 is 0 Å². The molecular weight excluding hydrogens is 356 g/mol. The normalized spacial score (nSPS) is 17.2. The Kier molecular flexibility index (Phi) is 4.99. The van der Waals surface area contributed by atoms with Gasteiger partial charge in [0.2, 0.25) is 0 Å². The molecule has 0 saturated carbocycles. The molecular formula is C18H22N2O3S2. The molecule has 1 atom stereocenters. The summed E-state index contributed by atoms with van der Waals surface area (Å²) >= 11 is 1.45. The summed E-state index contributed by atoms with van der Waals surface area (Å²) in [7, 11) is -3.80. The number of carbonyl (C=O) groups is 1. The third-order valence-electron chi connectivity index (χ3n) is 4.49. The predicted octanol–water partition coefficient (Wildman–Crippen LogP) is 3.11. The van der Waals surface area contributed by atoms with E-state index in [9.17, 15) is 13.2 Å². The molecule has 0 bridgehead atoms. The third kappa shape index (κ3) is 3.94. The van der Waals surface area contributed by atoms with Gasteiger partial charge in [-0.2, -0.15) is 0 Å². The molecule has 134 valence electrons. The number of hydrogen-bond donors (Lipinski definition) is 2. The second-order valence-electron chi connectivity index (χ2n) is 6.74. The fraction of sp³-hybridized carbons (Fsp3) is 0.389. The lowest BCUT2D eigenvalue weighted by Gasteiger charge is -2.16. The van der Waals surface area contributed by atoms with Gasteiger partial charge in [0.15, 0.2) is 0 Å². The number of thiophene rings is 1. The fourth-order valence-electron chi connectivity index (χ4n) is 3.04. The Morgan fingerprint density at radius 3 is 2.76 bits per heavy atom. The number of amides is 1. The maximum absolute atomic E-state index is 12.5. The summed E-state index contributed by atoms with van der Waals surface area (Å²) in [5, 5.41) is 0. The zero-order chi connectivity index (χ0) is 18.2. The first-order valence-corrected chi connectivity index (χ1v) is 10.6. The largest absolute Gasteiger partial charge is 0.276 e. The van der Waals surface area contributed by atoms with E-state index in [-0.39, 0.29) is 4.90 Å². The van der Waals surface area contributed by atoms with Crippen LogP contribution in [0, 0.1) is 19.8 Å². The maximum atomic E-state index is 12.5. The van der Waals surface area contributed by atoms with Gasteiger partial charge in [0.25, 0.3) is 15.9 Å². The molecule has 0 aliphatic heterocycles. The van der Waals surface area contributed by atoms with Crippen molar-refractivity contribution < 1.29 is 13.2 Å². The highest BCUT2D eigenvalue weighted by Crippen LogP contribution is 2.32. The average Bonchev–Trinajstić information content (AvgIpc) is 2.98. The molecule has 1 aliphatic rings. The Balaban J connectivity index is 1.73. The van der Waals surface area contributed by atoms with Gasteiger partial charge in [0.05, 0.1) is 9.77 Å². The summed E-state index contributed by atoms with van der Waals surface area (Å²) in [6, 6.07) is 7.08. The van der Waals surface area contributed by atoms with Gasteiger partial charge in [-0.3, -0.25) is 10.2 Å². The smallest absolute Gasteiger partial charge is 0.273 e. The number of nitrogens with one attached hydrogen (secondary N) is 2. The second kappa shape index (κ2) is 6.90. The van der Waals surface area contributed by atoms with E-state index in [1.807, 2.05) is 19.1 Å². The van der Waals surface area contributed by atoms with Crippen LogP contribution in [0.2, 0.25) is 0 Å². The van der Waals surface area contributed by atoms with Crippen molar-refractivity contribution in [3.8, 4) is 0 Å². The summed E-state index contributed by atoms with van der Waals surface area (Å²) in [6.45, 7) is 5.76. The second-order valence-corrected chi connectivity index (χ2v) is 9.52. The molecule has 7 heteroatoms. The summed E-state index contributed by atoms with van der Waals surface area (Å²) in [4.78, 5) is 16.5. The zero-order valence-corrected chi connectivity index (χ0v) is 16.2. The van der Waals surface area contributed by atoms with Gasteiger partial charge in [0.1, 0.15) is 0 Å². The van der Waals surface area contributed by atoms with Gasteiger partial charge in [-0.15, -0.1) is 16.2 Å². The highest BCUT2D eigenvalue weighted by molar-refractivity contribution is 7.89. The number of hydrazine groups is 1. The molecule has 0 unspecified atom stereocenters. The lowest BCUT2D eigenvalue weighted by molar-refractivity contribution is 0.0949. The number of carbonyl (C=O) groups excluding carboxylic acids is 1. The van der Waals surface area contributed by atoms with Crippen molar-refractivity contribution in [1.29, 1.82) is 0 Å². The molecule has 2 aromatic rings. The summed E-state index contributed by atoms with van der Waals surface area (Å²) in [6.07, 6.45) is 3.10. The van der Waals surface area contributed by atoms with E-state index in [1.165, 1.54) is 21.8 Å². The van der Waals surface area contributed by atoms with Gasteiger partial charge in [-0.25, -0.2) is 8.42 Å². The zero-order valence-electron chi connectivity index (χ0n) is 14.5. The summed E-state index contributed by atoms with van der Waals surface area (Å²) in [5.74, 6) is 0.210. The van der Waals surface area contributed by atoms with E-state index >= 15 is 0 Å². The van der Waals surface area contributed by atoms with Crippen LogP contribution in [0.25, 0.3) is 0 Å². The Bertz CT molecular complexity index is 916. The number of aryl methyl sites for hydroxylation is 3. The topological polar surface area (TPSA) is 75.3 Å². The highest BCUT2D eigenvalue weighted by Gasteiger charge is 2.22. The molecule has 1 aliphatic carbocycles. The number of benzene rings is 1. The lowest BCUT2D eigenvalue weighted by Crippen LogP contribution is -2.41. The van der Waals surface area contributed by atoms with Gasteiger partial charge in [0, 0.05) is 4.88 Å². The number of hydrogen-bond acceptors (Lipinski definition) is 4. The molecule has 5 nitrogen and oxygen atoms in total. The Labute approximate surface area is 152 Å². The van der Waals surface area contributed by atoms with Crippen LogP contribution < -0.4 is 10.3 Å². The van der Waals surface area contributed by atoms with E-state index in [2.05, 4.69) is 17.2 Å². The third-order valence-corrected chi connectivity index (χ3v) is 7.11. The van der Waals surface area contributed by atoms with Crippen LogP contribution in [-0.2, 0) is 22.9 Å². The summed E-state index contributed by atoms with van der Waals surface area (Å²) < 4.78 is 24.9. The Morgan fingerprint density at radius 1 is 1.24 bits per heavy atom. The monoisotopic (exact) mass is 378 g/mol. The van der Waals surface area contributed by atoms with Crippen LogP contribution in [0.5, 0.6) is 0 Å². The molecule has 0 fully saturated rings.